The average Bonchev–Trinajstić information content (AvgIpc) is 3.41. The van der Waals surface area contributed by atoms with Crippen LogP contribution in [0.3, 0.4) is 0 Å². The first-order valence-corrected chi connectivity index (χ1v) is 8.45. The number of nitrogens with one attached hydrogen (secondary N) is 1. The Kier molecular flexibility index (Phi) is 3.62. The summed E-state index contributed by atoms with van der Waals surface area (Å²) in [6.45, 7) is 0. The molecule has 0 aliphatic carbocycles. The number of carbonyl (C=O) groups excluding carboxylic acids is 1. The molecule has 5 aromatic rings. The highest BCUT2D eigenvalue weighted by atomic mass is 16.5. The van der Waals surface area contributed by atoms with Crippen LogP contribution in [0.5, 0.6) is 0 Å². The monoisotopic (exact) mass is 391 g/mol. The van der Waals surface area contributed by atoms with Crippen molar-refractivity contribution in [3.63, 3.8) is 0 Å². The lowest BCUT2D eigenvalue weighted by molar-refractivity contribution is 0.171. The number of anilines is 1. The minimum atomic E-state index is -0.752. The van der Waals surface area contributed by atoms with Crippen LogP contribution in [0, 0.1) is 0 Å². The van der Waals surface area contributed by atoms with Gasteiger partial charge in [-0.2, -0.15) is 24.3 Å². The third-order valence-corrected chi connectivity index (χ3v) is 4.06. The zero-order valence-corrected chi connectivity index (χ0v) is 15.0. The molecule has 2 N–H and O–H groups in total. The molecule has 0 unspecified atom stereocenters. The van der Waals surface area contributed by atoms with Gasteiger partial charge in [0.25, 0.3) is 0 Å². The number of fused-ring (bicyclic) bond motifs is 3. The van der Waals surface area contributed by atoms with Crippen LogP contribution in [0.25, 0.3) is 28.3 Å². The second-order valence-corrected chi connectivity index (χ2v) is 6.07. The van der Waals surface area contributed by atoms with Gasteiger partial charge < -0.3 is 9.62 Å². The topological polar surface area (TPSA) is 141 Å². The zero-order valence-electron chi connectivity index (χ0n) is 15.0. The van der Waals surface area contributed by atoms with Crippen LogP contribution in [-0.4, -0.2) is 45.3 Å². The number of aromatic nitrogens is 7. The van der Waals surface area contributed by atoms with Gasteiger partial charge in [-0.3, -0.25) is 10.00 Å². The first kappa shape index (κ1) is 16.7. The Bertz CT molecular complexity index is 1430. The van der Waals surface area contributed by atoms with E-state index in [-0.39, 0.29) is 11.4 Å². The molecule has 2 amide bonds. The Morgan fingerprint density at radius 1 is 1.21 bits per heavy atom. The normalized spacial score (nSPS) is 12.1. The van der Waals surface area contributed by atoms with E-state index in [1.165, 1.54) is 23.0 Å². The molecule has 29 heavy (non-hydrogen) atoms. The van der Waals surface area contributed by atoms with Gasteiger partial charge >= 0.3 is 6.03 Å². The lowest BCUT2D eigenvalue weighted by Gasteiger charge is -2.03. The second-order valence-electron chi connectivity index (χ2n) is 6.07. The molecule has 0 bridgehead atoms. The second kappa shape index (κ2) is 6.30. The Morgan fingerprint density at radius 2 is 2.10 bits per heavy atom. The summed E-state index contributed by atoms with van der Waals surface area (Å²) >= 11 is 0. The van der Waals surface area contributed by atoms with E-state index >= 15 is 0 Å². The van der Waals surface area contributed by atoms with E-state index in [0.717, 1.165) is 4.73 Å². The van der Waals surface area contributed by atoms with Gasteiger partial charge in [-0.05, 0) is 24.3 Å². The molecule has 0 radical (unpaired) electrons. The van der Waals surface area contributed by atoms with E-state index in [2.05, 4.69) is 30.5 Å². The smallest absolute Gasteiger partial charge is 0.349 e. The van der Waals surface area contributed by atoms with Crippen LogP contribution in [0.4, 0.5) is 10.7 Å². The van der Waals surface area contributed by atoms with Crippen LogP contribution >= 0.6 is 0 Å². The highest BCUT2D eigenvalue weighted by Crippen LogP contribution is 2.23. The molecule has 5 rings (SSSR count). The number of pyridine rings is 1. The molecule has 0 saturated carbocycles. The summed E-state index contributed by atoms with van der Waals surface area (Å²) in [4.78, 5) is 25.1. The minimum absolute atomic E-state index is 0.0509. The van der Waals surface area contributed by atoms with E-state index in [4.69, 9.17) is 4.42 Å². The summed E-state index contributed by atoms with van der Waals surface area (Å²) < 4.78 is 9.07. The highest BCUT2D eigenvalue weighted by Gasteiger charge is 2.18. The Labute approximate surface area is 161 Å². The number of amides is 2. The summed E-state index contributed by atoms with van der Waals surface area (Å²) in [6.07, 6.45) is 4.63. The number of nitrogens with zero attached hydrogens (tertiary/aromatic N) is 8. The van der Waals surface area contributed by atoms with Crippen molar-refractivity contribution in [2.24, 2.45) is 12.0 Å². The summed E-state index contributed by atoms with van der Waals surface area (Å²) in [5, 5.41) is 21.6. The van der Waals surface area contributed by atoms with E-state index in [0.29, 0.717) is 28.3 Å². The maximum absolute atomic E-state index is 12.4. The van der Waals surface area contributed by atoms with Crippen LogP contribution < -0.4 is 10.8 Å². The summed E-state index contributed by atoms with van der Waals surface area (Å²) in [5.74, 6) is 0.876. The molecule has 0 spiro atoms. The molecule has 0 aliphatic heterocycles. The SMILES string of the molecule is Cn1cc2c(nc(NC(=O)/N=c3/ccccn3O)n3nc(-c4ccco4)nc23)n1. The van der Waals surface area contributed by atoms with Crippen molar-refractivity contribution >= 4 is 28.7 Å². The fraction of sp³-hybridized carbons (Fsp3) is 0.0588. The molecule has 0 fully saturated rings. The molecule has 144 valence electrons. The Hall–Kier alpha value is -4.48. The summed E-state index contributed by atoms with van der Waals surface area (Å²) in [6, 6.07) is 7.42. The van der Waals surface area contributed by atoms with Gasteiger partial charge in [0.2, 0.25) is 11.8 Å². The summed E-state index contributed by atoms with van der Waals surface area (Å²) in [7, 11) is 1.75. The van der Waals surface area contributed by atoms with Crippen LogP contribution in [0.15, 0.2) is 58.4 Å². The van der Waals surface area contributed by atoms with Crippen LogP contribution in [0.2, 0.25) is 0 Å². The van der Waals surface area contributed by atoms with Gasteiger partial charge in [-0.25, -0.2) is 9.78 Å². The van der Waals surface area contributed by atoms with E-state index in [1.54, 1.807) is 42.2 Å². The van der Waals surface area contributed by atoms with Gasteiger partial charge in [0.15, 0.2) is 22.5 Å². The van der Waals surface area contributed by atoms with Crippen molar-refractivity contribution < 1.29 is 14.4 Å². The highest BCUT2D eigenvalue weighted by molar-refractivity contribution is 5.93. The lowest BCUT2D eigenvalue weighted by Crippen LogP contribution is -2.22. The molecule has 5 aromatic heterocycles. The van der Waals surface area contributed by atoms with Crippen molar-refractivity contribution in [3.8, 4) is 11.6 Å². The number of aryl methyl sites for hydroxylation is 1. The van der Waals surface area contributed by atoms with Crippen LogP contribution in [-0.2, 0) is 7.05 Å². The fourth-order valence-electron chi connectivity index (χ4n) is 2.83. The van der Waals surface area contributed by atoms with E-state index in [1.807, 2.05) is 0 Å². The third kappa shape index (κ3) is 2.88. The number of furan rings is 1. The quantitative estimate of drug-likeness (QED) is 0.434. The van der Waals surface area contributed by atoms with Gasteiger partial charge in [0.1, 0.15) is 0 Å². The molecule has 0 aromatic carbocycles. The fourth-order valence-corrected chi connectivity index (χ4v) is 2.83. The van der Waals surface area contributed by atoms with Gasteiger partial charge in [0.05, 0.1) is 11.6 Å². The van der Waals surface area contributed by atoms with Crippen molar-refractivity contribution in [2.75, 3.05) is 5.32 Å². The molecular weight excluding hydrogens is 378 g/mol. The van der Waals surface area contributed by atoms with Gasteiger partial charge in [-0.1, -0.05) is 6.07 Å². The number of rotatable bonds is 2. The maximum Gasteiger partial charge on any atom is 0.349 e. The largest absolute Gasteiger partial charge is 0.461 e. The lowest BCUT2D eigenvalue weighted by atomic mass is 10.4. The molecule has 12 heteroatoms. The predicted octanol–water partition coefficient (Wildman–Crippen LogP) is 1.44. The predicted molar refractivity (Wildman–Crippen MR) is 99.0 cm³/mol. The first-order valence-electron chi connectivity index (χ1n) is 8.45. The molecule has 12 nitrogen and oxygen atoms in total. The minimum Gasteiger partial charge on any atom is -0.461 e. The molecule has 0 atom stereocenters. The number of urea groups is 1. The standard InChI is InChI=1S/C17H13N9O3/c1-24-9-10-13(22-24)20-16(21-17(27)18-12-6-2-3-7-25(12)28)26-15(10)19-14(23-26)11-5-4-8-29-11/h2-9,28H,1H3,(H,20,21,22,27)/b18-12-. The van der Waals surface area contributed by atoms with Gasteiger partial charge in [-0.15, -0.1) is 5.10 Å². The molecule has 5 heterocycles. The summed E-state index contributed by atoms with van der Waals surface area (Å²) in [5.41, 5.74) is 0.877. The molecular formula is C17H13N9O3. The number of hydrogen-bond donors (Lipinski definition) is 2. The number of carbonyl (C=O) groups is 1. The number of hydrogen-bond acceptors (Lipinski definition) is 7. The Balaban J connectivity index is 1.65. The Morgan fingerprint density at radius 3 is 2.90 bits per heavy atom. The third-order valence-electron chi connectivity index (χ3n) is 4.06. The molecule has 0 saturated heterocycles. The van der Waals surface area contributed by atoms with Crippen molar-refractivity contribution in [3.05, 3.63) is 54.5 Å². The average molecular weight is 391 g/mol. The first-order chi connectivity index (χ1) is 14.1. The zero-order chi connectivity index (χ0) is 20.0. The van der Waals surface area contributed by atoms with E-state index in [9.17, 15) is 10.0 Å². The van der Waals surface area contributed by atoms with Crippen molar-refractivity contribution in [2.45, 2.75) is 0 Å². The van der Waals surface area contributed by atoms with Crippen molar-refractivity contribution in [1.29, 1.82) is 0 Å². The maximum atomic E-state index is 12.4. The van der Waals surface area contributed by atoms with E-state index < -0.39 is 6.03 Å². The van der Waals surface area contributed by atoms with Crippen molar-refractivity contribution in [1.82, 2.24) is 34.1 Å². The van der Waals surface area contributed by atoms with Gasteiger partial charge in [0, 0.05) is 19.4 Å². The van der Waals surface area contributed by atoms with Crippen LogP contribution in [0.1, 0.15) is 0 Å². The molecule has 0 aliphatic rings.